The molecular weight excluding hydrogens is 731 g/mol. The fourth-order valence-electron chi connectivity index (χ4n) is 5.73. The quantitative estimate of drug-likeness (QED) is 0.0231. The van der Waals surface area contributed by atoms with Crippen LogP contribution in [0.3, 0.4) is 0 Å². The molecular formula is C40H77N2O12P. The third-order valence-electron chi connectivity index (χ3n) is 8.97. The molecule has 15 heteroatoms. The van der Waals surface area contributed by atoms with Crippen LogP contribution in [0.15, 0.2) is 0 Å². The van der Waals surface area contributed by atoms with Crippen molar-refractivity contribution in [2.75, 3.05) is 39.5 Å². The van der Waals surface area contributed by atoms with Crippen molar-refractivity contribution >= 4 is 31.7 Å². The predicted molar refractivity (Wildman–Crippen MR) is 213 cm³/mol. The molecule has 0 aliphatic rings. The molecule has 0 aromatic rings. The molecule has 0 fully saturated rings. The van der Waals surface area contributed by atoms with Crippen molar-refractivity contribution in [3.05, 3.63) is 0 Å². The summed E-state index contributed by atoms with van der Waals surface area (Å²) in [6.07, 6.45) is 22.8. The molecule has 3 atom stereocenters. The molecule has 5 N–H and O–H groups in total. The average molecular weight is 809 g/mol. The summed E-state index contributed by atoms with van der Waals surface area (Å²) in [4.78, 5) is 59.4. The summed E-state index contributed by atoms with van der Waals surface area (Å²) in [7, 11) is -4.81. The van der Waals surface area contributed by atoms with Gasteiger partial charge in [-0.05, 0) is 12.8 Å². The first-order valence-corrected chi connectivity index (χ1v) is 22.8. The zero-order valence-electron chi connectivity index (χ0n) is 34.3. The maximum atomic E-state index is 12.8. The first-order valence-electron chi connectivity index (χ1n) is 21.3. The van der Waals surface area contributed by atoms with Gasteiger partial charge in [0.15, 0.2) is 12.2 Å². The van der Waals surface area contributed by atoms with E-state index >= 15 is 0 Å². The highest BCUT2D eigenvalue weighted by molar-refractivity contribution is 7.47. The van der Waals surface area contributed by atoms with E-state index in [4.69, 9.17) is 39.5 Å². The van der Waals surface area contributed by atoms with E-state index in [1.807, 2.05) is 0 Å². The fourth-order valence-corrected chi connectivity index (χ4v) is 6.52. The van der Waals surface area contributed by atoms with Gasteiger partial charge in [0.05, 0.1) is 26.1 Å². The third kappa shape index (κ3) is 36.0. The molecule has 55 heavy (non-hydrogen) atoms. The molecule has 0 aromatic heterocycles. The van der Waals surface area contributed by atoms with Crippen LogP contribution in [0.2, 0.25) is 0 Å². The number of phosphoric ester groups is 1. The second kappa shape index (κ2) is 37.5. The third-order valence-corrected chi connectivity index (χ3v) is 9.92. The summed E-state index contributed by atoms with van der Waals surface area (Å²) >= 11 is 0. The van der Waals surface area contributed by atoms with Crippen molar-refractivity contribution in [2.45, 2.75) is 193 Å². The van der Waals surface area contributed by atoms with Crippen LogP contribution in [-0.2, 0) is 51.7 Å². The Labute approximate surface area is 331 Å². The summed E-state index contributed by atoms with van der Waals surface area (Å²) in [5.41, 5.74) is 10.7. The lowest BCUT2D eigenvalue weighted by atomic mass is 10.1. The van der Waals surface area contributed by atoms with Gasteiger partial charge in [-0.2, -0.15) is 0 Å². The van der Waals surface area contributed by atoms with Crippen LogP contribution in [0, 0.1) is 0 Å². The van der Waals surface area contributed by atoms with Gasteiger partial charge < -0.3 is 35.3 Å². The SMILES string of the molecule is CCCCCCCCCCCCCC(=O)OC[C@H](COP(=O)(O)OCC(COC(=O)CCN)OC(=O)CCN)OC(=O)CCCCCCCCCCCCC. The van der Waals surface area contributed by atoms with E-state index in [9.17, 15) is 28.6 Å². The summed E-state index contributed by atoms with van der Waals surface area (Å²) in [6.45, 7) is 2.40. The minimum atomic E-state index is -4.81. The van der Waals surface area contributed by atoms with Crippen molar-refractivity contribution in [2.24, 2.45) is 11.5 Å². The molecule has 324 valence electrons. The van der Waals surface area contributed by atoms with E-state index in [0.29, 0.717) is 12.8 Å². The van der Waals surface area contributed by atoms with Crippen LogP contribution < -0.4 is 11.5 Å². The zero-order valence-corrected chi connectivity index (χ0v) is 35.2. The lowest BCUT2D eigenvalue weighted by Gasteiger charge is -2.22. The summed E-state index contributed by atoms with van der Waals surface area (Å²) < 4.78 is 44.0. The number of ether oxygens (including phenoxy) is 4. The number of rotatable bonds is 40. The molecule has 0 saturated heterocycles. The molecule has 0 rings (SSSR count). The Hall–Kier alpha value is -2.09. The topological polar surface area (TPSA) is 213 Å². The fraction of sp³-hybridized carbons (Fsp3) is 0.900. The number of nitrogens with two attached hydrogens (primary N) is 2. The van der Waals surface area contributed by atoms with Gasteiger partial charge in [0, 0.05) is 25.9 Å². The van der Waals surface area contributed by atoms with Gasteiger partial charge >= 0.3 is 31.7 Å². The highest BCUT2D eigenvalue weighted by Crippen LogP contribution is 2.43. The lowest BCUT2D eigenvalue weighted by molar-refractivity contribution is -0.162. The van der Waals surface area contributed by atoms with E-state index in [-0.39, 0.29) is 45.4 Å². The number of carbonyl (C=O) groups is 4. The number of hydrogen-bond acceptors (Lipinski definition) is 13. The van der Waals surface area contributed by atoms with Crippen molar-refractivity contribution in [3.63, 3.8) is 0 Å². The molecule has 0 aliphatic carbocycles. The van der Waals surface area contributed by atoms with Crippen LogP contribution in [0.4, 0.5) is 0 Å². The Bertz CT molecular complexity index is 1020. The molecule has 0 bridgehead atoms. The number of hydrogen-bond donors (Lipinski definition) is 3. The molecule has 0 spiro atoms. The Morgan fingerprint density at radius 3 is 1.11 bits per heavy atom. The zero-order chi connectivity index (χ0) is 40.8. The van der Waals surface area contributed by atoms with Crippen LogP contribution in [0.1, 0.15) is 181 Å². The Balaban J connectivity index is 4.94. The van der Waals surface area contributed by atoms with Crippen LogP contribution in [-0.4, -0.2) is 80.5 Å². The summed E-state index contributed by atoms with van der Waals surface area (Å²) in [5.74, 6) is -2.37. The number of unbranched alkanes of at least 4 members (excludes halogenated alkanes) is 20. The van der Waals surface area contributed by atoms with E-state index in [1.54, 1.807) is 0 Å². The van der Waals surface area contributed by atoms with Gasteiger partial charge in [0.25, 0.3) is 0 Å². The molecule has 2 unspecified atom stereocenters. The largest absolute Gasteiger partial charge is 0.472 e. The van der Waals surface area contributed by atoms with E-state index in [1.165, 1.54) is 89.9 Å². The normalized spacial score (nSPS) is 13.5. The van der Waals surface area contributed by atoms with Crippen molar-refractivity contribution < 1.29 is 56.6 Å². The highest BCUT2D eigenvalue weighted by atomic mass is 31.2. The van der Waals surface area contributed by atoms with Gasteiger partial charge in [-0.3, -0.25) is 28.2 Å². The van der Waals surface area contributed by atoms with Crippen LogP contribution in [0.25, 0.3) is 0 Å². The first kappa shape index (κ1) is 52.9. The van der Waals surface area contributed by atoms with E-state index < -0.39 is 63.7 Å². The standard InChI is InChI=1S/C40H77N2O12P/c1-3-5-7-9-11-13-15-17-19-21-23-25-37(43)49-31-35(53-39(45)26-24-22-20-18-16-14-12-10-8-6-4-2)33-51-55(47,48)52-34-36(54-40(46)28-30-42)32-50-38(44)27-29-41/h35-36H,3-34,41-42H2,1-2H3,(H,47,48)/t35-,36?/m1/s1. The summed E-state index contributed by atoms with van der Waals surface area (Å²) in [5, 5.41) is 0. The van der Waals surface area contributed by atoms with Crippen molar-refractivity contribution in [1.29, 1.82) is 0 Å². The first-order chi connectivity index (χ1) is 26.6. The van der Waals surface area contributed by atoms with Crippen LogP contribution in [0.5, 0.6) is 0 Å². The Morgan fingerprint density at radius 1 is 0.455 bits per heavy atom. The molecule has 0 aliphatic heterocycles. The smallest absolute Gasteiger partial charge is 0.462 e. The second-order valence-electron chi connectivity index (χ2n) is 14.3. The molecule has 14 nitrogen and oxygen atoms in total. The Kier molecular flexibility index (Phi) is 36.1. The number of phosphoric acid groups is 1. The predicted octanol–water partition coefficient (Wildman–Crippen LogP) is 8.13. The number of carbonyl (C=O) groups excluding carboxylic acids is 4. The monoisotopic (exact) mass is 809 g/mol. The molecule has 0 heterocycles. The van der Waals surface area contributed by atoms with Crippen LogP contribution >= 0.6 is 7.82 Å². The number of esters is 4. The summed E-state index contributed by atoms with van der Waals surface area (Å²) in [6, 6.07) is 0. The minimum absolute atomic E-state index is 0.00419. The molecule has 0 saturated carbocycles. The minimum Gasteiger partial charge on any atom is -0.462 e. The second-order valence-corrected chi connectivity index (χ2v) is 15.8. The average Bonchev–Trinajstić information content (AvgIpc) is 3.15. The highest BCUT2D eigenvalue weighted by Gasteiger charge is 2.29. The van der Waals surface area contributed by atoms with Gasteiger partial charge in [0.2, 0.25) is 0 Å². The van der Waals surface area contributed by atoms with Gasteiger partial charge in [-0.1, -0.05) is 142 Å². The van der Waals surface area contributed by atoms with Gasteiger partial charge in [-0.15, -0.1) is 0 Å². The lowest BCUT2D eigenvalue weighted by Crippen LogP contribution is -2.31. The maximum absolute atomic E-state index is 12.8. The molecule has 0 radical (unpaired) electrons. The molecule has 0 amide bonds. The molecule has 0 aromatic carbocycles. The van der Waals surface area contributed by atoms with Gasteiger partial charge in [-0.25, -0.2) is 4.57 Å². The van der Waals surface area contributed by atoms with Crippen molar-refractivity contribution in [3.8, 4) is 0 Å². The van der Waals surface area contributed by atoms with E-state index in [2.05, 4.69) is 13.8 Å². The van der Waals surface area contributed by atoms with Gasteiger partial charge in [0.1, 0.15) is 13.2 Å². The van der Waals surface area contributed by atoms with Crippen molar-refractivity contribution in [1.82, 2.24) is 0 Å². The Morgan fingerprint density at radius 2 is 0.745 bits per heavy atom. The van der Waals surface area contributed by atoms with E-state index in [0.717, 1.165) is 38.5 Å². The maximum Gasteiger partial charge on any atom is 0.472 e.